The van der Waals surface area contributed by atoms with Gasteiger partial charge in [-0.1, -0.05) is 29.8 Å². The van der Waals surface area contributed by atoms with Crippen molar-refractivity contribution in [1.82, 2.24) is 9.78 Å². The molecule has 0 spiro atoms. The van der Waals surface area contributed by atoms with Crippen LogP contribution in [0.25, 0.3) is 16.9 Å². The van der Waals surface area contributed by atoms with Crippen LogP contribution in [0.5, 0.6) is 0 Å². The summed E-state index contributed by atoms with van der Waals surface area (Å²) in [5.74, 6) is 0. The number of hydrogen-bond donors (Lipinski definition) is 1. The average Bonchev–Trinajstić information content (AvgIpc) is 3.01. The molecule has 0 amide bonds. The number of aryl methyl sites for hydroxylation is 1. The van der Waals surface area contributed by atoms with Gasteiger partial charge in [0.2, 0.25) is 0 Å². The topological polar surface area (TPSA) is 55.1 Å². The minimum atomic E-state index is -4.57. The first kappa shape index (κ1) is 20.9. The van der Waals surface area contributed by atoms with Gasteiger partial charge in [0.05, 0.1) is 16.3 Å². The molecule has 26 heavy (non-hydrogen) atoms. The van der Waals surface area contributed by atoms with Crippen LogP contribution >= 0.6 is 0 Å². The Balaban J connectivity index is 0.00000243. The molecule has 0 aliphatic carbocycles. The van der Waals surface area contributed by atoms with E-state index in [4.69, 9.17) is 4.55 Å². The Morgan fingerprint density at radius 3 is 2.12 bits per heavy atom. The van der Waals surface area contributed by atoms with Gasteiger partial charge in [0.25, 0.3) is 0 Å². The van der Waals surface area contributed by atoms with Crippen molar-refractivity contribution in [3.63, 3.8) is 0 Å². The van der Waals surface area contributed by atoms with Gasteiger partial charge in [-0.2, -0.15) is 18.3 Å². The third-order valence-electron chi connectivity index (χ3n) is 3.63. The predicted molar refractivity (Wildman–Crippen MR) is 94.9 cm³/mol. The molecular formula is C17H14F3N2NaO2S. The summed E-state index contributed by atoms with van der Waals surface area (Å²) in [6.45, 7) is 1.88. The van der Waals surface area contributed by atoms with E-state index in [2.05, 4.69) is 5.10 Å². The summed E-state index contributed by atoms with van der Waals surface area (Å²) in [6.07, 6.45) is -4.57. The molecule has 0 fully saturated rings. The van der Waals surface area contributed by atoms with Crippen molar-refractivity contribution in [3.05, 3.63) is 65.9 Å². The van der Waals surface area contributed by atoms with Crippen LogP contribution in [0.2, 0.25) is 0 Å². The summed E-state index contributed by atoms with van der Waals surface area (Å²) in [4.78, 5) is 0.168. The number of aromatic nitrogens is 2. The Labute approximate surface area is 172 Å². The van der Waals surface area contributed by atoms with Crippen LogP contribution in [0.4, 0.5) is 13.2 Å². The molecular weight excluding hydrogens is 376 g/mol. The van der Waals surface area contributed by atoms with E-state index in [-0.39, 0.29) is 40.1 Å². The molecule has 0 aliphatic heterocycles. The summed E-state index contributed by atoms with van der Waals surface area (Å²) < 4.78 is 60.6. The number of halogens is 3. The van der Waals surface area contributed by atoms with Crippen LogP contribution in [-0.2, 0) is 17.3 Å². The summed E-state index contributed by atoms with van der Waals surface area (Å²) in [5.41, 5.74) is 1.16. The van der Waals surface area contributed by atoms with E-state index >= 15 is 0 Å². The SMILES string of the molecule is Cc1ccc(-n2nc(C(F)(F)F)cc2-c2ccc(S(=O)O)cc2)cc1.[NaH]. The maximum atomic E-state index is 13.1. The molecule has 3 rings (SSSR count). The van der Waals surface area contributed by atoms with Gasteiger partial charge >= 0.3 is 35.7 Å². The molecule has 0 saturated heterocycles. The first-order chi connectivity index (χ1) is 11.8. The van der Waals surface area contributed by atoms with Crippen LogP contribution in [0, 0.1) is 6.92 Å². The van der Waals surface area contributed by atoms with Gasteiger partial charge in [0.15, 0.2) is 16.8 Å². The van der Waals surface area contributed by atoms with Crippen molar-refractivity contribution in [3.8, 4) is 16.9 Å². The Hall–Kier alpha value is -1.45. The fourth-order valence-corrected chi connectivity index (χ4v) is 2.72. The van der Waals surface area contributed by atoms with Crippen molar-refractivity contribution in [2.45, 2.75) is 18.0 Å². The van der Waals surface area contributed by atoms with Gasteiger partial charge in [-0.25, -0.2) is 8.89 Å². The molecule has 1 N–H and O–H groups in total. The van der Waals surface area contributed by atoms with Crippen LogP contribution in [-0.4, -0.2) is 48.1 Å². The van der Waals surface area contributed by atoms with Gasteiger partial charge in [0.1, 0.15) is 0 Å². The molecule has 1 atom stereocenters. The van der Waals surface area contributed by atoms with Crippen LogP contribution in [0.15, 0.2) is 59.5 Å². The summed E-state index contributed by atoms with van der Waals surface area (Å²) >= 11 is -2.15. The molecule has 1 heterocycles. The van der Waals surface area contributed by atoms with Crippen molar-refractivity contribution in [1.29, 1.82) is 0 Å². The van der Waals surface area contributed by atoms with E-state index in [1.807, 2.05) is 6.92 Å². The molecule has 0 saturated carbocycles. The maximum absolute atomic E-state index is 13.1. The standard InChI is InChI=1S/C17H13F3N2O2S.Na.H/c1-11-2-6-13(7-3-11)22-15(10-16(21-22)17(18,19)20)12-4-8-14(9-5-12)25(23)24;;/h2-10H,1H3,(H,23,24);;. The van der Waals surface area contributed by atoms with Gasteiger partial charge in [-0.3, -0.25) is 0 Å². The van der Waals surface area contributed by atoms with Crippen LogP contribution in [0.3, 0.4) is 0 Å². The van der Waals surface area contributed by atoms with E-state index < -0.39 is 23.0 Å². The average molecular weight is 390 g/mol. The molecule has 4 nitrogen and oxygen atoms in total. The second-order valence-corrected chi connectivity index (χ2v) is 6.40. The number of hydrogen-bond acceptors (Lipinski definition) is 2. The zero-order chi connectivity index (χ0) is 18.2. The Bertz CT molecular complexity index is 923. The normalized spacial score (nSPS) is 12.5. The van der Waals surface area contributed by atoms with Gasteiger partial charge in [-0.15, -0.1) is 0 Å². The third kappa shape index (κ3) is 4.44. The Kier molecular flexibility index (Phi) is 6.46. The molecule has 2 aromatic carbocycles. The van der Waals surface area contributed by atoms with Gasteiger partial charge in [0, 0.05) is 5.56 Å². The molecule has 9 heteroatoms. The molecule has 3 aromatic rings. The minimum absolute atomic E-state index is 0. The van der Waals surface area contributed by atoms with Crippen molar-refractivity contribution < 1.29 is 21.9 Å². The van der Waals surface area contributed by atoms with Crippen LogP contribution < -0.4 is 0 Å². The molecule has 1 unspecified atom stereocenters. The fourth-order valence-electron chi connectivity index (χ4n) is 2.35. The van der Waals surface area contributed by atoms with E-state index in [9.17, 15) is 17.4 Å². The Morgan fingerprint density at radius 2 is 1.62 bits per heavy atom. The first-order valence-electron chi connectivity index (χ1n) is 7.21. The van der Waals surface area contributed by atoms with Crippen LogP contribution in [0.1, 0.15) is 11.3 Å². The molecule has 132 valence electrons. The van der Waals surface area contributed by atoms with Crippen molar-refractivity contribution >= 4 is 40.6 Å². The summed E-state index contributed by atoms with van der Waals surface area (Å²) in [7, 11) is 0. The van der Waals surface area contributed by atoms with Crippen molar-refractivity contribution in [2.75, 3.05) is 0 Å². The second-order valence-electron chi connectivity index (χ2n) is 5.43. The van der Waals surface area contributed by atoms with Gasteiger partial charge < -0.3 is 4.55 Å². The number of rotatable bonds is 3. The number of alkyl halides is 3. The zero-order valence-corrected chi connectivity index (χ0v) is 13.8. The fraction of sp³-hybridized carbons (Fsp3) is 0.118. The third-order valence-corrected chi connectivity index (χ3v) is 4.31. The monoisotopic (exact) mass is 390 g/mol. The molecule has 0 radical (unpaired) electrons. The van der Waals surface area contributed by atoms with E-state index in [0.29, 0.717) is 11.3 Å². The summed E-state index contributed by atoms with van der Waals surface area (Å²) in [5, 5.41) is 3.70. The van der Waals surface area contributed by atoms with Gasteiger partial charge in [-0.05, 0) is 37.3 Å². The van der Waals surface area contributed by atoms with E-state index in [1.54, 1.807) is 24.3 Å². The Morgan fingerprint density at radius 1 is 1.04 bits per heavy atom. The zero-order valence-electron chi connectivity index (χ0n) is 13.0. The first-order valence-corrected chi connectivity index (χ1v) is 8.32. The number of nitrogens with zero attached hydrogens (tertiary/aromatic N) is 2. The number of benzene rings is 2. The molecule has 0 aliphatic rings. The molecule has 0 bridgehead atoms. The summed E-state index contributed by atoms with van der Waals surface area (Å²) in [6, 6.07) is 13.7. The van der Waals surface area contributed by atoms with E-state index in [1.165, 1.54) is 28.9 Å². The molecule has 1 aromatic heterocycles. The second kappa shape index (κ2) is 8.06. The van der Waals surface area contributed by atoms with E-state index in [0.717, 1.165) is 11.6 Å². The van der Waals surface area contributed by atoms with Crippen molar-refractivity contribution in [2.24, 2.45) is 0 Å². The predicted octanol–water partition coefficient (Wildman–Crippen LogP) is 3.80. The quantitative estimate of drug-likeness (QED) is 0.547.